The Morgan fingerprint density at radius 2 is 2.29 bits per heavy atom. The second-order valence-corrected chi connectivity index (χ2v) is 5.45. The smallest absolute Gasteiger partial charge is 0.0453 e. The minimum Gasteiger partial charge on any atom is -0.319 e. The van der Waals surface area contributed by atoms with Crippen molar-refractivity contribution in [3.05, 3.63) is 34.3 Å². The van der Waals surface area contributed by atoms with Gasteiger partial charge in [0, 0.05) is 18.1 Å². The van der Waals surface area contributed by atoms with E-state index in [9.17, 15) is 0 Å². The lowest BCUT2D eigenvalue weighted by molar-refractivity contribution is 0.315. The predicted molar refractivity (Wildman–Crippen MR) is 73.5 cm³/mol. The van der Waals surface area contributed by atoms with Gasteiger partial charge in [0.25, 0.3) is 0 Å². The Balaban J connectivity index is 1.93. The molecule has 0 amide bonds. The van der Waals surface area contributed by atoms with E-state index in [1.165, 1.54) is 30.6 Å². The average Bonchev–Trinajstić information content (AvgIpc) is 2.71. The quantitative estimate of drug-likeness (QED) is 0.887. The van der Waals surface area contributed by atoms with Crippen LogP contribution in [0.25, 0.3) is 0 Å². The monoisotopic (exact) mass is 252 g/mol. The number of rotatable bonds is 4. The third-order valence-electron chi connectivity index (χ3n) is 3.47. The summed E-state index contributed by atoms with van der Waals surface area (Å²) in [5.41, 5.74) is 2.48. The van der Waals surface area contributed by atoms with Crippen molar-refractivity contribution in [1.29, 1.82) is 0 Å². The molecule has 1 N–H and O–H groups in total. The molecule has 0 spiro atoms. The number of hydrogen-bond acceptors (Lipinski definition) is 2. The highest BCUT2D eigenvalue weighted by Gasteiger charge is 2.22. The first-order valence-electron chi connectivity index (χ1n) is 6.31. The lowest BCUT2D eigenvalue weighted by Gasteiger charge is -2.17. The summed E-state index contributed by atoms with van der Waals surface area (Å²) in [7, 11) is 2.03. The second kappa shape index (κ2) is 5.85. The molecule has 0 saturated carbocycles. The Bertz CT molecular complexity index is 378. The van der Waals surface area contributed by atoms with Crippen LogP contribution in [-0.4, -0.2) is 31.6 Å². The molecule has 1 atom stereocenters. The standard InChI is InChI=1S/C14H21ClN2/c1-11-3-4-13(14(15)7-11)10-17-6-5-12(9-17)8-16-2/h3-4,7,12,16H,5-6,8-10H2,1-2H3. The van der Waals surface area contributed by atoms with Gasteiger partial charge in [0.15, 0.2) is 0 Å². The number of benzene rings is 1. The number of hydrogen-bond donors (Lipinski definition) is 1. The molecular weight excluding hydrogens is 232 g/mol. The highest BCUT2D eigenvalue weighted by Crippen LogP contribution is 2.23. The number of aryl methyl sites for hydroxylation is 1. The van der Waals surface area contributed by atoms with Crippen LogP contribution >= 0.6 is 11.6 Å². The van der Waals surface area contributed by atoms with E-state index in [2.05, 4.69) is 35.3 Å². The molecule has 3 heteroatoms. The van der Waals surface area contributed by atoms with Crippen LogP contribution in [0.4, 0.5) is 0 Å². The molecule has 0 aromatic heterocycles. The van der Waals surface area contributed by atoms with E-state index in [4.69, 9.17) is 11.6 Å². The van der Waals surface area contributed by atoms with Crippen LogP contribution in [0.1, 0.15) is 17.5 Å². The van der Waals surface area contributed by atoms with Gasteiger partial charge < -0.3 is 5.32 Å². The first kappa shape index (κ1) is 12.9. The molecule has 2 rings (SSSR count). The summed E-state index contributed by atoms with van der Waals surface area (Å²) >= 11 is 6.27. The zero-order chi connectivity index (χ0) is 12.3. The molecule has 0 aliphatic carbocycles. The van der Waals surface area contributed by atoms with Crippen molar-refractivity contribution in [1.82, 2.24) is 10.2 Å². The van der Waals surface area contributed by atoms with Gasteiger partial charge in [-0.25, -0.2) is 0 Å². The van der Waals surface area contributed by atoms with Crippen molar-refractivity contribution < 1.29 is 0 Å². The number of halogens is 1. The van der Waals surface area contributed by atoms with Crippen molar-refractivity contribution in [2.24, 2.45) is 5.92 Å². The van der Waals surface area contributed by atoms with Crippen LogP contribution < -0.4 is 5.32 Å². The van der Waals surface area contributed by atoms with E-state index in [0.29, 0.717) is 0 Å². The highest BCUT2D eigenvalue weighted by atomic mass is 35.5. The fourth-order valence-electron chi connectivity index (χ4n) is 2.53. The maximum absolute atomic E-state index is 6.27. The van der Waals surface area contributed by atoms with Crippen molar-refractivity contribution in [3.63, 3.8) is 0 Å². The van der Waals surface area contributed by atoms with Crippen molar-refractivity contribution in [2.45, 2.75) is 19.9 Å². The number of nitrogens with zero attached hydrogens (tertiary/aromatic N) is 1. The van der Waals surface area contributed by atoms with Crippen LogP contribution in [0.2, 0.25) is 5.02 Å². The van der Waals surface area contributed by atoms with Gasteiger partial charge in [0.2, 0.25) is 0 Å². The van der Waals surface area contributed by atoms with Gasteiger partial charge in [-0.1, -0.05) is 23.7 Å². The summed E-state index contributed by atoms with van der Waals surface area (Å²) in [6, 6.07) is 6.35. The summed E-state index contributed by atoms with van der Waals surface area (Å²) in [4.78, 5) is 2.50. The van der Waals surface area contributed by atoms with E-state index in [1.807, 2.05) is 7.05 Å². The maximum Gasteiger partial charge on any atom is 0.0453 e. The van der Waals surface area contributed by atoms with Gasteiger partial charge in [0.1, 0.15) is 0 Å². The Hall–Kier alpha value is -0.570. The van der Waals surface area contributed by atoms with Crippen molar-refractivity contribution in [2.75, 3.05) is 26.7 Å². The fraction of sp³-hybridized carbons (Fsp3) is 0.571. The Labute approximate surface area is 109 Å². The molecule has 0 radical (unpaired) electrons. The summed E-state index contributed by atoms with van der Waals surface area (Å²) < 4.78 is 0. The zero-order valence-corrected chi connectivity index (χ0v) is 11.4. The van der Waals surface area contributed by atoms with E-state index < -0.39 is 0 Å². The van der Waals surface area contributed by atoms with E-state index in [-0.39, 0.29) is 0 Å². The molecule has 1 fully saturated rings. The minimum absolute atomic E-state index is 0.796. The molecule has 17 heavy (non-hydrogen) atoms. The summed E-state index contributed by atoms with van der Waals surface area (Å²) in [6.45, 7) is 6.56. The van der Waals surface area contributed by atoms with Crippen molar-refractivity contribution >= 4 is 11.6 Å². The minimum atomic E-state index is 0.796. The SMILES string of the molecule is CNCC1CCN(Cc2ccc(C)cc2Cl)C1. The van der Waals surface area contributed by atoms with Crippen LogP contribution in [0.3, 0.4) is 0 Å². The Kier molecular flexibility index (Phi) is 4.43. The Morgan fingerprint density at radius 1 is 1.47 bits per heavy atom. The van der Waals surface area contributed by atoms with Crippen LogP contribution in [0.5, 0.6) is 0 Å². The fourth-order valence-corrected chi connectivity index (χ4v) is 2.83. The molecule has 2 nitrogen and oxygen atoms in total. The summed E-state index contributed by atoms with van der Waals surface area (Å²) in [5, 5.41) is 4.16. The molecular formula is C14H21ClN2. The highest BCUT2D eigenvalue weighted by molar-refractivity contribution is 6.31. The molecule has 1 heterocycles. The van der Waals surface area contributed by atoms with Crippen LogP contribution in [0, 0.1) is 12.8 Å². The van der Waals surface area contributed by atoms with E-state index in [1.54, 1.807) is 0 Å². The van der Waals surface area contributed by atoms with Gasteiger partial charge >= 0.3 is 0 Å². The zero-order valence-electron chi connectivity index (χ0n) is 10.7. The third-order valence-corrected chi connectivity index (χ3v) is 3.82. The molecule has 94 valence electrons. The average molecular weight is 253 g/mol. The topological polar surface area (TPSA) is 15.3 Å². The third kappa shape index (κ3) is 3.44. The normalized spacial score (nSPS) is 21.0. The molecule has 1 aromatic rings. The van der Waals surface area contributed by atoms with Gasteiger partial charge in [0.05, 0.1) is 0 Å². The molecule has 1 aliphatic heterocycles. The first-order valence-corrected chi connectivity index (χ1v) is 6.69. The summed E-state index contributed by atoms with van der Waals surface area (Å²) in [5.74, 6) is 0.796. The predicted octanol–water partition coefficient (Wildman–Crippen LogP) is 2.69. The molecule has 1 unspecified atom stereocenters. The first-order chi connectivity index (χ1) is 8.19. The van der Waals surface area contributed by atoms with E-state index in [0.717, 1.165) is 24.0 Å². The molecule has 1 aromatic carbocycles. The number of likely N-dealkylation sites (tertiary alicyclic amines) is 1. The van der Waals surface area contributed by atoms with Crippen molar-refractivity contribution in [3.8, 4) is 0 Å². The second-order valence-electron chi connectivity index (χ2n) is 5.04. The summed E-state index contributed by atoms with van der Waals surface area (Å²) in [6.07, 6.45) is 1.30. The van der Waals surface area contributed by atoms with Gasteiger partial charge in [-0.05, 0) is 56.6 Å². The molecule has 0 bridgehead atoms. The number of nitrogens with one attached hydrogen (secondary N) is 1. The lowest BCUT2D eigenvalue weighted by atomic mass is 10.1. The largest absolute Gasteiger partial charge is 0.319 e. The maximum atomic E-state index is 6.27. The van der Waals surface area contributed by atoms with E-state index >= 15 is 0 Å². The van der Waals surface area contributed by atoms with Gasteiger partial charge in [-0.3, -0.25) is 4.90 Å². The van der Waals surface area contributed by atoms with Crippen LogP contribution in [0.15, 0.2) is 18.2 Å². The van der Waals surface area contributed by atoms with Gasteiger partial charge in [-0.15, -0.1) is 0 Å². The Morgan fingerprint density at radius 3 is 3.00 bits per heavy atom. The molecule has 1 saturated heterocycles. The lowest BCUT2D eigenvalue weighted by Crippen LogP contribution is -2.24. The molecule has 1 aliphatic rings. The van der Waals surface area contributed by atoms with Crippen LogP contribution in [-0.2, 0) is 6.54 Å². The van der Waals surface area contributed by atoms with Gasteiger partial charge in [-0.2, -0.15) is 0 Å².